The second-order valence-corrected chi connectivity index (χ2v) is 6.07. The van der Waals surface area contributed by atoms with Gasteiger partial charge in [-0.25, -0.2) is 4.79 Å². The van der Waals surface area contributed by atoms with Crippen LogP contribution in [0.2, 0.25) is 0 Å². The number of ketones is 1. The smallest absolute Gasteiger partial charge is 0.339 e. The Kier molecular flexibility index (Phi) is 5.39. The van der Waals surface area contributed by atoms with E-state index in [9.17, 15) is 9.59 Å². The van der Waals surface area contributed by atoms with E-state index in [2.05, 4.69) is 34.8 Å². The third-order valence-electron chi connectivity index (χ3n) is 3.67. The molecule has 0 aromatic heterocycles. The quantitative estimate of drug-likeness (QED) is 0.619. The van der Waals surface area contributed by atoms with Crippen molar-refractivity contribution in [3.8, 4) is 0 Å². The average molecular weight is 399 g/mol. The zero-order chi connectivity index (χ0) is 15.4. The van der Waals surface area contributed by atoms with Crippen molar-refractivity contribution in [1.29, 1.82) is 0 Å². The maximum absolute atomic E-state index is 11.7. The van der Waals surface area contributed by atoms with Crippen LogP contribution in [0, 0.1) is 9.49 Å². The molecule has 1 aromatic rings. The molecule has 2 rings (SSSR count). The van der Waals surface area contributed by atoms with Crippen LogP contribution in [0.25, 0.3) is 0 Å². The van der Waals surface area contributed by atoms with Crippen molar-refractivity contribution in [2.75, 3.05) is 12.4 Å². The van der Waals surface area contributed by atoms with Crippen molar-refractivity contribution >= 4 is 40.0 Å². The molecule has 0 saturated heterocycles. The van der Waals surface area contributed by atoms with E-state index in [1.54, 1.807) is 12.1 Å². The van der Waals surface area contributed by atoms with E-state index in [4.69, 9.17) is 4.74 Å². The first-order valence-corrected chi connectivity index (χ1v) is 8.03. The fourth-order valence-electron chi connectivity index (χ4n) is 2.45. The standard InChI is InChI=1S/C16H18INO3/c1-3-10-7-8-11(19)9-14(10)18-13-6-4-5-12(15(13)17)16(20)21-2/h4-6,9-10,18H,3,7-8H2,1-2H3. The summed E-state index contributed by atoms with van der Waals surface area (Å²) in [5, 5.41) is 3.32. The highest BCUT2D eigenvalue weighted by atomic mass is 127. The van der Waals surface area contributed by atoms with Crippen molar-refractivity contribution in [2.24, 2.45) is 5.92 Å². The molecule has 1 aliphatic rings. The van der Waals surface area contributed by atoms with E-state index in [0.717, 1.165) is 27.8 Å². The number of carbonyl (C=O) groups excluding carboxylic acids is 2. The highest BCUT2D eigenvalue weighted by Gasteiger charge is 2.21. The number of nitrogens with one attached hydrogen (secondary N) is 1. The molecule has 0 radical (unpaired) electrons. The predicted octanol–water partition coefficient (Wildman–Crippen LogP) is 3.76. The van der Waals surface area contributed by atoms with Crippen LogP contribution in [0.5, 0.6) is 0 Å². The number of carbonyl (C=O) groups is 2. The average Bonchev–Trinajstić information content (AvgIpc) is 2.49. The molecule has 112 valence electrons. The molecule has 0 saturated carbocycles. The van der Waals surface area contributed by atoms with Gasteiger partial charge in [0.05, 0.1) is 21.9 Å². The van der Waals surface area contributed by atoms with Gasteiger partial charge in [0.15, 0.2) is 5.78 Å². The van der Waals surface area contributed by atoms with Crippen molar-refractivity contribution in [2.45, 2.75) is 26.2 Å². The summed E-state index contributed by atoms with van der Waals surface area (Å²) < 4.78 is 5.58. The van der Waals surface area contributed by atoms with Crippen LogP contribution in [0.1, 0.15) is 36.5 Å². The summed E-state index contributed by atoms with van der Waals surface area (Å²) >= 11 is 2.12. The number of hydrogen-bond acceptors (Lipinski definition) is 4. The normalized spacial score (nSPS) is 18.1. The van der Waals surface area contributed by atoms with E-state index < -0.39 is 0 Å². The van der Waals surface area contributed by atoms with Crippen molar-refractivity contribution in [1.82, 2.24) is 0 Å². The van der Waals surface area contributed by atoms with E-state index in [1.807, 2.05) is 12.1 Å². The van der Waals surface area contributed by atoms with Crippen LogP contribution in [-0.2, 0) is 9.53 Å². The van der Waals surface area contributed by atoms with Gasteiger partial charge in [0.2, 0.25) is 0 Å². The Hall–Kier alpha value is -1.37. The number of anilines is 1. The number of rotatable bonds is 4. The third kappa shape index (κ3) is 3.64. The summed E-state index contributed by atoms with van der Waals surface area (Å²) in [7, 11) is 1.37. The molecule has 21 heavy (non-hydrogen) atoms. The second kappa shape index (κ2) is 7.06. The lowest BCUT2D eigenvalue weighted by molar-refractivity contribution is -0.115. The van der Waals surface area contributed by atoms with E-state index in [-0.39, 0.29) is 11.8 Å². The number of ether oxygens (including phenoxy) is 1. The summed E-state index contributed by atoms with van der Waals surface area (Å²) in [6.07, 6.45) is 4.17. The molecule has 0 aliphatic heterocycles. The molecule has 1 N–H and O–H groups in total. The summed E-state index contributed by atoms with van der Waals surface area (Å²) in [5.41, 5.74) is 2.30. The minimum atomic E-state index is -0.358. The highest BCUT2D eigenvalue weighted by molar-refractivity contribution is 14.1. The minimum absolute atomic E-state index is 0.154. The molecule has 1 aromatic carbocycles. The Bertz CT molecular complexity index is 595. The van der Waals surface area contributed by atoms with Gasteiger partial charge in [-0.15, -0.1) is 0 Å². The molecule has 1 atom stereocenters. The lowest BCUT2D eigenvalue weighted by Crippen LogP contribution is -2.19. The second-order valence-electron chi connectivity index (χ2n) is 4.99. The minimum Gasteiger partial charge on any atom is -0.465 e. The summed E-state index contributed by atoms with van der Waals surface area (Å²) in [6.45, 7) is 2.12. The van der Waals surface area contributed by atoms with Gasteiger partial charge < -0.3 is 10.1 Å². The van der Waals surface area contributed by atoms with Crippen LogP contribution in [-0.4, -0.2) is 18.9 Å². The third-order valence-corrected chi connectivity index (χ3v) is 4.83. The Morgan fingerprint density at radius 3 is 2.90 bits per heavy atom. The van der Waals surface area contributed by atoms with Crippen molar-refractivity contribution in [3.05, 3.63) is 39.1 Å². The molecule has 5 heteroatoms. The first-order chi connectivity index (χ1) is 10.1. The predicted molar refractivity (Wildman–Crippen MR) is 90.2 cm³/mol. The van der Waals surface area contributed by atoms with Gasteiger partial charge in [0, 0.05) is 18.2 Å². The first kappa shape index (κ1) is 16.0. The lowest BCUT2D eigenvalue weighted by Gasteiger charge is -2.24. The monoisotopic (exact) mass is 399 g/mol. The summed E-state index contributed by atoms with van der Waals surface area (Å²) in [6, 6.07) is 5.44. The first-order valence-electron chi connectivity index (χ1n) is 6.95. The largest absolute Gasteiger partial charge is 0.465 e. The van der Waals surface area contributed by atoms with Crippen LogP contribution >= 0.6 is 22.6 Å². The molecule has 0 spiro atoms. The highest BCUT2D eigenvalue weighted by Crippen LogP contribution is 2.30. The molecule has 1 unspecified atom stereocenters. The van der Waals surface area contributed by atoms with E-state index in [0.29, 0.717) is 17.9 Å². The zero-order valence-corrected chi connectivity index (χ0v) is 14.3. The number of halogens is 1. The van der Waals surface area contributed by atoms with E-state index in [1.165, 1.54) is 7.11 Å². The Morgan fingerprint density at radius 2 is 2.24 bits per heavy atom. The van der Waals surface area contributed by atoms with Gasteiger partial charge >= 0.3 is 5.97 Å². The van der Waals surface area contributed by atoms with Crippen LogP contribution in [0.15, 0.2) is 30.0 Å². The van der Waals surface area contributed by atoms with Crippen molar-refractivity contribution < 1.29 is 14.3 Å². The van der Waals surface area contributed by atoms with Gasteiger partial charge in [0.25, 0.3) is 0 Å². The van der Waals surface area contributed by atoms with Gasteiger partial charge in [-0.1, -0.05) is 13.0 Å². The van der Waals surface area contributed by atoms with Crippen LogP contribution < -0.4 is 5.32 Å². The maximum Gasteiger partial charge on any atom is 0.339 e. The Balaban J connectivity index is 2.31. The van der Waals surface area contributed by atoms with Gasteiger partial charge in [-0.05, 0) is 53.5 Å². The fraction of sp³-hybridized carbons (Fsp3) is 0.375. The molecular formula is C16H18INO3. The number of benzene rings is 1. The van der Waals surface area contributed by atoms with E-state index >= 15 is 0 Å². The maximum atomic E-state index is 11.7. The van der Waals surface area contributed by atoms with Gasteiger partial charge in [-0.3, -0.25) is 4.79 Å². The molecule has 0 bridgehead atoms. The van der Waals surface area contributed by atoms with Crippen LogP contribution in [0.4, 0.5) is 5.69 Å². The van der Waals surface area contributed by atoms with Gasteiger partial charge in [0.1, 0.15) is 0 Å². The summed E-state index contributed by atoms with van der Waals surface area (Å²) in [4.78, 5) is 23.4. The molecular weight excluding hydrogens is 381 g/mol. The van der Waals surface area contributed by atoms with Crippen LogP contribution in [0.3, 0.4) is 0 Å². The molecule has 4 nitrogen and oxygen atoms in total. The molecule has 1 aliphatic carbocycles. The zero-order valence-electron chi connectivity index (χ0n) is 12.1. The Labute approximate surface area is 138 Å². The Morgan fingerprint density at radius 1 is 1.48 bits per heavy atom. The molecule has 0 heterocycles. The van der Waals surface area contributed by atoms with Crippen molar-refractivity contribution in [3.63, 3.8) is 0 Å². The number of methoxy groups -OCH3 is 1. The number of esters is 1. The SMILES string of the molecule is CCC1CCC(=O)C=C1Nc1cccc(C(=O)OC)c1I. The lowest BCUT2D eigenvalue weighted by atomic mass is 9.89. The van der Waals surface area contributed by atoms with Gasteiger partial charge in [-0.2, -0.15) is 0 Å². The number of allylic oxidation sites excluding steroid dienone is 2. The fourth-order valence-corrected chi connectivity index (χ4v) is 3.16. The summed E-state index contributed by atoms with van der Waals surface area (Å²) in [5.74, 6) is 0.158. The molecule has 0 amide bonds. The number of hydrogen-bond donors (Lipinski definition) is 1. The molecule has 0 fully saturated rings. The topological polar surface area (TPSA) is 55.4 Å².